The van der Waals surface area contributed by atoms with Gasteiger partial charge in [-0.15, -0.1) is 0 Å². The van der Waals surface area contributed by atoms with Crippen LogP contribution in [0.2, 0.25) is 0 Å². The lowest BCUT2D eigenvalue weighted by atomic mass is 9.99. The molecule has 0 bridgehead atoms. The van der Waals surface area contributed by atoms with Crippen LogP contribution in [0.4, 0.5) is 4.79 Å². The Morgan fingerprint density at radius 3 is 2.53 bits per heavy atom. The molecule has 1 aliphatic heterocycles. The van der Waals surface area contributed by atoms with E-state index in [0.717, 1.165) is 19.4 Å². The Morgan fingerprint density at radius 2 is 2.05 bits per heavy atom. The minimum atomic E-state index is -1.23. The summed E-state index contributed by atoms with van der Waals surface area (Å²) >= 11 is 0. The summed E-state index contributed by atoms with van der Waals surface area (Å²) in [7, 11) is 0. The summed E-state index contributed by atoms with van der Waals surface area (Å²) in [5.74, 6) is -0.382. The second-order valence-electron chi connectivity index (χ2n) is 5.95. The van der Waals surface area contributed by atoms with Crippen molar-refractivity contribution in [3.05, 3.63) is 0 Å². The molecule has 106 valence electrons. The van der Waals surface area contributed by atoms with Gasteiger partial charge < -0.3 is 20.1 Å². The monoisotopic (exact) mass is 268 g/mol. The average molecular weight is 268 g/mol. The van der Waals surface area contributed by atoms with Gasteiger partial charge in [-0.3, -0.25) is 0 Å². The van der Waals surface area contributed by atoms with Crippen molar-refractivity contribution in [2.75, 3.05) is 19.8 Å². The molecule has 1 unspecified atom stereocenters. The van der Waals surface area contributed by atoms with Gasteiger partial charge in [0, 0.05) is 25.6 Å². The number of urea groups is 1. The first-order chi connectivity index (χ1) is 9.11. The van der Waals surface area contributed by atoms with Gasteiger partial charge in [0.15, 0.2) is 5.54 Å². The van der Waals surface area contributed by atoms with Gasteiger partial charge in [0.05, 0.1) is 6.61 Å². The number of ether oxygens (including phenoxy) is 1. The van der Waals surface area contributed by atoms with Crippen molar-refractivity contribution < 1.29 is 19.4 Å². The molecule has 1 atom stereocenters. The third kappa shape index (κ3) is 2.68. The number of aliphatic carboxylic acids is 1. The molecule has 6 heteroatoms. The highest BCUT2D eigenvalue weighted by Crippen LogP contribution is 2.35. The summed E-state index contributed by atoms with van der Waals surface area (Å²) in [5, 5.41) is 12.0. The van der Waals surface area contributed by atoms with E-state index in [1.165, 1.54) is 12.8 Å². The number of amides is 2. The maximum absolute atomic E-state index is 12.3. The summed E-state index contributed by atoms with van der Waals surface area (Å²) in [5.41, 5.74) is -1.23. The average Bonchev–Trinajstić information content (AvgIpc) is 3.27. The van der Waals surface area contributed by atoms with Gasteiger partial charge in [0.25, 0.3) is 0 Å². The minimum Gasteiger partial charge on any atom is -0.479 e. The van der Waals surface area contributed by atoms with Crippen molar-refractivity contribution in [1.82, 2.24) is 10.2 Å². The molecule has 3 aliphatic rings. The molecule has 19 heavy (non-hydrogen) atoms. The number of hydrogen-bond acceptors (Lipinski definition) is 3. The van der Waals surface area contributed by atoms with E-state index in [1.54, 1.807) is 0 Å². The van der Waals surface area contributed by atoms with E-state index in [9.17, 15) is 14.7 Å². The zero-order valence-electron chi connectivity index (χ0n) is 10.9. The van der Waals surface area contributed by atoms with Crippen molar-refractivity contribution in [1.29, 1.82) is 0 Å². The van der Waals surface area contributed by atoms with Crippen molar-refractivity contribution in [3.8, 4) is 0 Å². The number of carboxylic acid groups (broad SMARTS) is 1. The first kappa shape index (κ1) is 12.7. The number of carbonyl (C=O) groups is 2. The van der Waals surface area contributed by atoms with Crippen LogP contribution >= 0.6 is 0 Å². The normalized spacial score (nSPS) is 30.1. The Morgan fingerprint density at radius 1 is 1.32 bits per heavy atom. The molecule has 1 heterocycles. The van der Waals surface area contributed by atoms with Crippen molar-refractivity contribution in [2.24, 2.45) is 5.92 Å². The molecule has 3 rings (SSSR count). The number of carboxylic acids is 1. The van der Waals surface area contributed by atoms with E-state index in [4.69, 9.17) is 4.74 Å². The van der Waals surface area contributed by atoms with Crippen LogP contribution in [0.25, 0.3) is 0 Å². The summed E-state index contributed by atoms with van der Waals surface area (Å²) in [6.45, 7) is 1.22. The lowest BCUT2D eigenvalue weighted by molar-refractivity contribution is -0.144. The SMILES string of the molecule is O=C(NC1(C(=O)O)CCOC1)N(CC1CC1)C1CC1. The van der Waals surface area contributed by atoms with E-state index in [2.05, 4.69) is 5.32 Å². The molecule has 1 saturated heterocycles. The zero-order chi connectivity index (χ0) is 13.5. The highest BCUT2D eigenvalue weighted by Gasteiger charge is 2.46. The predicted octanol–water partition coefficient (Wildman–Crippen LogP) is 0.814. The van der Waals surface area contributed by atoms with E-state index in [0.29, 0.717) is 25.0 Å². The maximum Gasteiger partial charge on any atom is 0.332 e. The van der Waals surface area contributed by atoms with Gasteiger partial charge >= 0.3 is 12.0 Å². The molecule has 0 spiro atoms. The van der Waals surface area contributed by atoms with Crippen molar-refractivity contribution >= 4 is 12.0 Å². The maximum atomic E-state index is 12.3. The zero-order valence-corrected chi connectivity index (χ0v) is 10.9. The molecule has 3 fully saturated rings. The van der Waals surface area contributed by atoms with E-state index in [1.807, 2.05) is 4.90 Å². The molecule has 2 aliphatic carbocycles. The summed E-state index contributed by atoms with van der Waals surface area (Å²) in [6, 6.07) is 0.0797. The van der Waals surface area contributed by atoms with Gasteiger partial charge in [0.2, 0.25) is 0 Å². The molecule has 0 aromatic carbocycles. The Bertz CT molecular complexity index is 384. The van der Waals surface area contributed by atoms with Crippen LogP contribution in [0, 0.1) is 5.92 Å². The van der Waals surface area contributed by atoms with Gasteiger partial charge in [-0.1, -0.05) is 0 Å². The summed E-state index contributed by atoms with van der Waals surface area (Å²) in [6.07, 6.45) is 4.79. The van der Waals surface area contributed by atoms with Gasteiger partial charge in [-0.25, -0.2) is 9.59 Å². The molecule has 0 aromatic rings. The minimum absolute atomic E-state index is 0.0655. The van der Waals surface area contributed by atoms with Gasteiger partial charge in [-0.05, 0) is 31.6 Å². The standard InChI is InChI=1S/C13H20N2O4/c16-11(17)13(5-6-19-8-13)14-12(18)15(10-3-4-10)7-9-1-2-9/h9-10H,1-8H2,(H,14,18)(H,16,17). The first-order valence-corrected chi connectivity index (χ1v) is 7.01. The van der Waals surface area contributed by atoms with Crippen LogP contribution in [0.1, 0.15) is 32.1 Å². The molecule has 2 N–H and O–H groups in total. The highest BCUT2D eigenvalue weighted by molar-refractivity contribution is 5.87. The lowest BCUT2D eigenvalue weighted by Crippen LogP contribution is -2.59. The molecule has 2 amide bonds. The quantitative estimate of drug-likeness (QED) is 0.773. The van der Waals surface area contributed by atoms with Crippen molar-refractivity contribution in [3.63, 3.8) is 0 Å². The van der Waals surface area contributed by atoms with E-state index < -0.39 is 11.5 Å². The Kier molecular flexibility index (Phi) is 3.12. The smallest absolute Gasteiger partial charge is 0.332 e. The first-order valence-electron chi connectivity index (χ1n) is 7.01. The fraction of sp³-hybridized carbons (Fsp3) is 0.846. The third-order valence-electron chi connectivity index (χ3n) is 4.18. The van der Waals surface area contributed by atoms with E-state index >= 15 is 0 Å². The van der Waals surface area contributed by atoms with Crippen LogP contribution < -0.4 is 5.32 Å². The molecular weight excluding hydrogens is 248 g/mol. The lowest BCUT2D eigenvalue weighted by Gasteiger charge is -2.29. The largest absolute Gasteiger partial charge is 0.479 e. The number of nitrogens with zero attached hydrogens (tertiary/aromatic N) is 1. The highest BCUT2D eigenvalue weighted by atomic mass is 16.5. The molecule has 2 saturated carbocycles. The Balaban J connectivity index is 1.65. The predicted molar refractivity (Wildman–Crippen MR) is 66.8 cm³/mol. The molecule has 6 nitrogen and oxygen atoms in total. The Labute approximate surface area is 112 Å². The van der Waals surface area contributed by atoms with Crippen LogP contribution in [0.15, 0.2) is 0 Å². The Hall–Kier alpha value is -1.30. The fourth-order valence-electron chi connectivity index (χ4n) is 2.52. The number of hydrogen-bond donors (Lipinski definition) is 2. The molecule has 0 radical (unpaired) electrons. The van der Waals surface area contributed by atoms with Crippen LogP contribution in [-0.2, 0) is 9.53 Å². The van der Waals surface area contributed by atoms with Gasteiger partial charge in [-0.2, -0.15) is 0 Å². The topological polar surface area (TPSA) is 78.9 Å². The van der Waals surface area contributed by atoms with E-state index in [-0.39, 0.29) is 12.6 Å². The second-order valence-corrected chi connectivity index (χ2v) is 5.95. The van der Waals surface area contributed by atoms with Gasteiger partial charge in [0.1, 0.15) is 0 Å². The summed E-state index contributed by atoms with van der Waals surface area (Å²) in [4.78, 5) is 25.6. The summed E-state index contributed by atoms with van der Waals surface area (Å²) < 4.78 is 5.16. The second kappa shape index (κ2) is 4.67. The van der Waals surface area contributed by atoms with Crippen molar-refractivity contribution in [2.45, 2.75) is 43.7 Å². The van der Waals surface area contributed by atoms with Crippen LogP contribution in [0.3, 0.4) is 0 Å². The van der Waals surface area contributed by atoms with Crippen LogP contribution in [-0.4, -0.2) is 53.3 Å². The fourth-order valence-corrected chi connectivity index (χ4v) is 2.52. The molecule has 0 aromatic heterocycles. The number of rotatable bonds is 5. The van der Waals surface area contributed by atoms with Crippen LogP contribution in [0.5, 0.6) is 0 Å². The molecular formula is C13H20N2O4. The number of carbonyl (C=O) groups excluding carboxylic acids is 1. The number of nitrogens with one attached hydrogen (secondary N) is 1. The third-order valence-corrected chi connectivity index (χ3v) is 4.18.